The first-order valence-corrected chi connectivity index (χ1v) is 6.34. The Balaban J connectivity index is 2.40. The van der Waals surface area contributed by atoms with Crippen molar-refractivity contribution in [1.82, 2.24) is 15.1 Å². The van der Waals surface area contributed by atoms with Crippen molar-refractivity contribution in [3.05, 3.63) is 46.7 Å². The molecule has 19 heavy (non-hydrogen) atoms. The quantitative estimate of drug-likeness (QED) is 0.875. The maximum absolute atomic E-state index is 11.1. The van der Waals surface area contributed by atoms with E-state index in [9.17, 15) is 4.79 Å². The molecule has 1 amide bonds. The molecule has 0 aliphatic rings. The van der Waals surface area contributed by atoms with Crippen molar-refractivity contribution in [2.45, 2.75) is 13.5 Å². The number of primary amides is 1. The SMILES string of the molecule is CCNCc1ccc(Cl)cc1-n1ccc(C(N)=O)n1. The van der Waals surface area contributed by atoms with Gasteiger partial charge in [0.25, 0.3) is 5.91 Å². The second-order valence-corrected chi connectivity index (χ2v) is 4.50. The van der Waals surface area contributed by atoms with Crippen LogP contribution in [0.2, 0.25) is 5.02 Å². The summed E-state index contributed by atoms with van der Waals surface area (Å²) in [6.07, 6.45) is 1.70. The number of benzene rings is 1. The largest absolute Gasteiger partial charge is 0.364 e. The summed E-state index contributed by atoms with van der Waals surface area (Å²) >= 11 is 6.02. The van der Waals surface area contributed by atoms with Crippen LogP contribution in [-0.2, 0) is 6.54 Å². The molecule has 0 radical (unpaired) electrons. The Morgan fingerprint density at radius 1 is 1.47 bits per heavy atom. The summed E-state index contributed by atoms with van der Waals surface area (Å²) in [6.45, 7) is 3.61. The molecule has 0 atom stereocenters. The van der Waals surface area contributed by atoms with E-state index in [4.69, 9.17) is 17.3 Å². The zero-order chi connectivity index (χ0) is 13.8. The molecule has 2 rings (SSSR count). The van der Waals surface area contributed by atoms with E-state index in [1.807, 2.05) is 25.1 Å². The van der Waals surface area contributed by atoms with E-state index >= 15 is 0 Å². The average Bonchev–Trinajstić information content (AvgIpc) is 2.87. The van der Waals surface area contributed by atoms with Crippen LogP contribution in [0.3, 0.4) is 0 Å². The summed E-state index contributed by atoms with van der Waals surface area (Å²) in [5, 5.41) is 8.01. The van der Waals surface area contributed by atoms with E-state index in [0.717, 1.165) is 17.8 Å². The second kappa shape index (κ2) is 5.86. The number of nitrogens with one attached hydrogen (secondary N) is 1. The molecule has 0 bridgehead atoms. The van der Waals surface area contributed by atoms with Crippen molar-refractivity contribution in [1.29, 1.82) is 0 Å². The lowest BCUT2D eigenvalue weighted by atomic mass is 10.2. The molecule has 0 aliphatic carbocycles. The van der Waals surface area contributed by atoms with Gasteiger partial charge in [0.05, 0.1) is 5.69 Å². The number of aromatic nitrogens is 2. The number of halogens is 1. The molecule has 0 saturated carbocycles. The highest BCUT2D eigenvalue weighted by Crippen LogP contribution is 2.20. The molecule has 5 nitrogen and oxygen atoms in total. The van der Waals surface area contributed by atoms with Gasteiger partial charge >= 0.3 is 0 Å². The maximum Gasteiger partial charge on any atom is 0.269 e. The standard InChI is InChI=1S/C13H15ClN4O/c1-2-16-8-9-3-4-10(14)7-12(9)18-6-5-11(17-18)13(15)19/h3-7,16H,2,8H2,1H3,(H2,15,19). The van der Waals surface area contributed by atoms with Gasteiger partial charge in [0.15, 0.2) is 0 Å². The molecule has 1 heterocycles. The third kappa shape index (κ3) is 3.13. The van der Waals surface area contributed by atoms with Crippen molar-refractivity contribution >= 4 is 17.5 Å². The molecule has 1 aromatic carbocycles. The Kier molecular flexibility index (Phi) is 4.19. The highest BCUT2D eigenvalue weighted by Gasteiger charge is 2.09. The van der Waals surface area contributed by atoms with E-state index in [0.29, 0.717) is 11.6 Å². The molecule has 0 unspecified atom stereocenters. The summed E-state index contributed by atoms with van der Waals surface area (Å²) in [4.78, 5) is 11.1. The van der Waals surface area contributed by atoms with Gasteiger partial charge in [0, 0.05) is 17.8 Å². The number of carbonyl (C=O) groups excluding carboxylic acids is 1. The minimum Gasteiger partial charge on any atom is -0.364 e. The van der Waals surface area contributed by atoms with E-state index in [1.165, 1.54) is 0 Å². The Bertz CT molecular complexity index is 594. The van der Waals surface area contributed by atoms with Crippen LogP contribution in [0.15, 0.2) is 30.5 Å². The first-order chi connectivity index (χ1) is 9.11. The number of rotatable bonds is 5. The summed E-state index contributed by atoms with van der Waals surface area (Å²) in [6, 6.07) is 7.16. The Morgan fingerprint density at radius 3 is 2.89 bits per heavy atom. The predicted octanol–water partition coefficient (Wildman–Crippen LogP) is 1.73. The Morgan fingerprint density at radius 2 is 2.26 bits per heavy atom. The van der Waals surface area contributed by atoms with Gasteiger partial charge in [-0.3, -0.25) is 4.79 Å². The van der Waals surface area contributed by atoms with Gasteiger partial charge in [-0.15, -0.1) is 0 Å². The summed E-state index contributed by atoms with van der Waals surface area (Å²) in [5.41, 5.74) is 7.31. The van der Waals surface area contributed by atoms with Crippen LogP contribution >= 0.6 is 11.6 Å². The predicted molar refractivity (Wildman–Crippen MR) is 74.5 cm³/mol. The minimum atomic E-state index is -0.547. The number of hydrogen-bond donors (Lipinski definition) is 2. The normalized spacial score (nSPS) is 10.6. The first-order valence-electron chi connectivity index (χ1n) is 5.97. The smallest absolute Gasteiger partial charge is 0.269 e. The zero-order valence-corrected chi connectivity index (χ0v) is 11.3. The van der Waals surface area contributed by atoms with Gasteiger partial charge in [-0.1, -0.05) is 24.6 Å². The lowest BCUT2D eigenvalue weighted by Gasteiger charge is -2.10. The number of nitrogens with two attached hydrogens (primary N) is 1. The molecule has 0 fully saturated rings. The number of hydrogen-bond acceptors (Lipinski definition) is 3. The second-order valence-electron chi connectivity index (χ2n) is 4.06. The molecule has 3 N–H and O–H groups in total. The first kappa shape index (κ1) is 13.6. The lowest BCUT2D eigenvalue weighted by Crippen LogP contribution is -2.15. The molecule has 2 aromatic rings. The maximum atomic E-state index is 11.1. The molecule has 1 aromatic heterocycles. The molecular weight excluding hydrogens is 264 g/mol. The van der Waals surface area contributed by atoms with Crippen LogP contribution in [-0.4, -0.2) is 22.2 Å². The number of carbonyl (C=O) groups is 1. The summed E-state index contributed by atoms with van der Waals surface area (Å²) in [7, 11) is 0. The molecule has 0 spiro atoms. The van der Waals surface area contributed by atoms with Crippen molar-refractivity contribution in [2.75, 3.05) is 6.54 Å². The monoisotopic (exact) mass is 278 g/mol. The fourth-order valence-corrected chi connectivity index (χ4v) is 1.92. The topological polar surface area (TPSA) is 72.9 Å². The lowest BCUT2D eigenvalue weighted by molar-refractivity contribution is 0.0995. The van der Waals surface area contributed by atoms with Crippen LogP contribution in [0.25, 0.3) is 5.69 Å². The van der Waals surface area contributed by atoms with Gasteiger partial charge in [-0.25, -0.2) is 4.68 Å². The highest BCUT2D eigenvalue weighted by molar-refractivity contribution is 6.30. The van der Waals surface area contributed by atoms with Gasteiger partial charge in [0.1, 0.15) is 5.69 Å². The van der Waals surface area contributed by atoms with Gasteiger partial charge in [-0.05, 0) is 30.3 Å². The third-order valence-electron chi connectivity index (χ3n) is 2.70. The Hall–Kier alpha value is -1.85. The molecule has 0 saturated heterocycles. The minimum absolute atomic E-state index is 0.231. The van der Waals surface area contributed by atoms with Crippen LogP contribution in [0.1, 0.15) is 23.0 Å². The van der Waals surface area contributed by atoms with Gasteiger partial charge in [0.2, 0.25) is 0 Å². The fraction of sp³-hybridized carbons (Fsp3) is 0.231. The van der Waals surface area contributed by atoms with Crippen molar-refractivity contribution in [3.8, 4) is 5.69 Å². The van der Waals surface area contributed by atoms with Gasteiger partial charge < -0.3 is 11.1 Å². The zero-order valence-electron chi connectivity index (χ0n) is 10.6. The van der Waals surface area contributed by atoms with E-state index in [2.05, 4.69) is 10.4 Å². The summed E-state index contributed by atoms with van der Waals surface area (Å²) in [5.74, 6) is -0.547. The molecule has 100 valence electrons. The van der Waals surface area contributed by atoms with Crippen LogP contribution in [0.4, 0.5) is 0 Å². The molecular formula is C13H15ClN4O. The van der Waals surface area contributed by atoms with E-state index in [1.54, 1.807) is 16.9 Å². The van der Waals surface area contributed by atoms with Crippen LogP contribution in [0, 0.1) is 0 Å². The average molecular weight is 279 g/mol. The van der Waals surface area contributed by atoms with Gasteiger partial charge in [-0.2, -0.15) is 5.10 Å². The Labute approximate surface area is 116 Å². The molecule has 0 aliphatic heterocycles. The van der Waals surface area contributed by atoms with E-state index < -0.39 is 5.91 Å². The third-order valence-corrected chi connectivity index (χ3v) is 2.94. The summed E-state index contributed by atoms with van der Waals surface area (Å²) < 4.78 is 1.61. The van der Waals surface area contributed by atoms with Crippen LogP contribution < -0.4 is 11.1 Å². The number of amides is 1. The number of nitrogens with zero attached hydrogens (tertiary/aromatic N) is 2. The van der Waals surface area contributed by atoms with Crippen molar-refractivity contribution in [3.63, 3.8) is 0 Å². The fourth-order valence-electron chi connectivity index (χ4n) is 1.75. The molecule has 6 heteroatoms. The van der Waals surface area contributed by atoms with E-state index in [-0.39, 0.29) is 5.69 Å². The van der Waals surface area contributed by atoms with Crippen molar-refractivity contribution in [2.24, 2.45) is 5.73 Å². The van der Waals surface area contributed by atoms with Crippen LogP contribution in [0.5, 0.6) is 0 Å². The highest BCUT2D eigenvalue weighted by atomic mass is 35.5. The van der Waals surface area contributed by atoms with Crippen molar-refractivity contribution < 1.29 is 4.79 Å².